The summed E-state index contributed by atoms with van der Waals surface area (Å²) in [6, 6.07) is 7.50. The van der Waals surface area contributed by atoms with Gasteiger partial charge >= 0.3 is 6.09 Å². The van der Waals surface area contributed by atoms with Crippen LogP contribution >= 0.6 is 11.8 Å². The molecule has 0 saturated carbocycles. The van der Waals surface area contributed by atoms with Crippen molar-refractivity contribution in [2.75, 3.05) is 24.5 Å². The maximum absolute atomic E-state index is 11.5. The molecule has 140 valence electrons. The first kappa shape index (κ1) is 17.3. The number of aromatic amines is 1. The summed E-state index contributed by atoms with van der Waals surface area (Å²) >= 11 is 1.52. The first-order valence-electron chi connectivity index (χ1n) is 8.23. The van der Waals surface area contributed by atoms with E-state index in [-0.39, 0.29) is 19.2 Å². The van der Waals surface area contributed by atoms with Crippen molar-refractivity contribution in [3.05, 3.63) is 29.8 Å². The van der Waals surface area contributed by atoms with Crippen LogP contribution in [0.2, 0.25) is 0 Å². The van der Waals surface area contributed by atoms with Crippen molar-refractivity contribution in [1.29, 1.82) is 0 Å². The minimum absolute atomic E-state index is 0.227. The Labute approximate surface area is 158 Å². The van der Waals surface area contributed by atoms with Gasteiger partial charge in [0.15, 0.2) is 22.5 Å². The number of hydrogen-bond donors (Lipinski definition) is 3. The molecular weight excluding hydrogens is 370 g/mol. The monoisotopic (exact) mass is 387 g/mol. The van der Waals surface area contributed by atoms with Crippen molar-refractivity contribution in [3.63, 3.8) is 0 Å². The van der Waals surface area contributed by atoms with E-state index in [1.165, 1.54) is 11.8 Å². The molecule has 4 rings (SSSR count). The zero-order valence-corrected chi connectivity index (χ0v) is 15.3. The Morgan fingerprint density at radius 2 is 2.19 bits per heavy atom. The summed E-state index contributed by atoms with van der Waals surface area (Å²) in [5, 5.41) is 3.23. The molecule has 0 fully saturated rings. The van der Waals surface area contributed by atoms with Crippen LogP contribution in [0.15, 0.2) is 29.4 Å². The number of nitrogens with one attached hydrogen (secondary N) is 2. The van der Waals surface area contributed by atoms with Gasteiger partial charge in [0.1, 0.15) is 11.3 Å². The quantitative estimate of drug-likeness (QED) is 0.570. The van der Waals surface area contributed by atoms with E-state index >= 15 is 0 Å². The molecule has 3 aromatic rings. The molecule has 0 unspecified atom stereocenters. The number of rotatable bonds is 5. The lowest BCUT2D eigenvalue weighted by Crippen LogP contribution is -2.14. The molecule has 9 nitrogen and oxygen atoms in total. The lowest BCUT2D eigenvalue weighted by Gasteiger charge is -2.05. The second kappa shape index (κ2) is 7.23. The second-order valence-electron chi connectivity index (χ2n) is 5.65. The Bertz CT molecular complexity index is 1010. The van der Waals surface area contributed by atoms with Crippen LogP contribution in [0.3, 0.4) is 0 Å². The number of carbonyl (C=O) groups excluding carboxylic acids is 1. The van der Waals surface area contributed by atoms with Gasteiger partial charge in [-0.05, 0) is 24.6 Å². The van der Waals surface area contributed by atoms with E-state index in [0.717, 1.165) is 17.1 Å². The van der Waals surface area contributed by atoms with Gasteiger partial charge in [-0.1, -0.05) is 17.8 Å². The number of thioether (sulfide) groups is 1. The summed E-state index contributed by atoms with van der Waals surface area (Å²) in [5.41, 5.74) is 8.28. The van der Waals surface area contributed by atoms with E-state index in [2.05, 4.69) is 20.3 Å². The van der Waals surface area contributed by atoms with E-state index < -0.39 is 6.09 Å². The van der Waals surface area contributed by atoms with Crippen molar-refractivity contribution >= 4 is 40.5 Å². The average Bonchev–Trinajstić information content (AvgIpc) is 3.26. The molecule has 3 heterocycles. The number of benzene rings is 1. The number of nitrogens with zero attached hydrogens (tertiary/aromatic N) is 2. The molecule has 2 aromatic heterocycles. The van der Waals surface area contributed by atoms with Gasteiger partial charge < -0.3 is 24.9 Å². The maximum Gasteiger partial charge on any atom is 0.412 e. The number of aromatic nitrogens is 3. The van der Waals surface area contributed by atoms with Crippen LogP contribution in [0.4, 0.5) is 16.4 Å². The molecule has 1 aliphatic rings. The van der Waals surface area contributed by atoms with Crippen LogP contribution in [-0.2, 0) is 10.5 Å². The fourth-order valence-corrected chi connectivity index (χ4v) is 3.42. The van der Waals surface area contributed by atoms with Crippen molar-refractivity contribution < 1.29 is 19.0 Å². The van der Waals surface area contributed by atoms with Crippen LogP contribution < -0.4 is 20.5 Å². The second-order valence-corrected chi connectivity index (χ2v) is 6.62. The van der Waals surface area contributed by atoms with Crippen molar-refractivity contribution in [2.24, 2.45) is 0 Å². The van der Waals surface area contributed by atoms with Crippen LogP contribution in [0.5, 0.6) is 11.5 Å². The number of amides is 1. The molecule has 0 aliphatic carbocycles. The molecule has 1 aliphatic heterocycles. The summed E-state index contributed by atoms with van der Waals surface area (Å²) in [5.74, 6) is 2.73. The first-order chi connectivity index (χ1) is 13.1. The predicted octanol–water partition coefficient (Wildman–Crippen LogP) is 3.13. The fourth-order valence-electron chi connectivity index (χ4n) is 2.60. The molecule has 0 saturated heterocycles. The third-order valence-corrected chi connectivity index (χ3v) is 4.74. The number of nitrogens with two attached hydrogens (primary N) is 1. The predicted molar refractivity (Wildman–Crippen MR) is 101 cm³/mol. The van der Waals surface area contributed by atoms with Gasteiger partial charge in [-0.2, -0.15) is 0 Å². The molecule has 0 atom stereocenters. The molecule has 0 spiro atoms. The molecule has 1 amide bonds. The summed E-state index contributed by atoms with van der Waals surface area (Å²) < 4.78 is 15.6. The number of pyridine rings is 1. The number of hydrogen-bond acceptors (Lipinski definition) is 8. The summed E-state index contributed by atoms with van der Waals surface area (Å²) in [6.07, 6.45) is -0.583. The number of carbonyl (C=O) groups is 1. The van der Waals surface area contributed by atoms with Crippen LogP contribution in [0.25, 0.3) is 11.0 Å². The van der Waals surface area contributed by atoms with E-state index in [1.807, 2.05) is 18.2 Å². The lowest BCUT2D eigenvalue weighted by molar-refractivity contribution is 0.168. The van der Waals surface area contributed by atoms with E-state index in [0.29, 0.717) is 27.8 Å². The normalized spacial score (nSPS) is 12.3. The molecule has 4 N–H and O–H groups in total. The van der Waals surface area contributed by atoms with Crippen molar-refractivity contribution in [3.8, 4) is 11.5 Å². The molecule has 27 heavy (non-hydrogen) atoms. The maximum atomic E-state index is 11.5. The van der Waals surface area contributed by atoms with Crippen LogP contribution in [0.1, 0.15) is 12.5 Å². The fraction of sp³-hybridized carbons (Fsp3) is 0.235. The highest BCUT2D eigenvalue weighted by Gasteiger charge is 2.15. The van der Waals surface area contributed by atoms with Gasteiger partial charge in [0.05, 0.1) is 12.1 Å². The average molecular weight is 387 g/mol. The van der Waals surface area contributed by atoms with Crippen LogP contribution in [0, 0.1) is 0 Å². The zero-order valence-electron chi connectivity index (χ0n) is 14.4. The van der Waals surface area contributed by atoms with Crippen molar-refractivity contribution in [1.82, 2.24) is 15.0 Å². The number of imidazole rings is 1. The molecule has 10 heteroatoms. The third-order valence-electron chi connectivity index (χ3n) is 3.79. The Hall–Kier alpha value is -3.14. The Kier molecular flexibility index (Phi) is 4.63. The number of nitrogen functional groups attached to an aromatic ring is 1. The smallest absolute Gasteiger partial charge is 0.412 e. The Morgan fingerprint density at radius 3 is 3.04 bits per heavy atom. The minimum atomic E-state index is -0.583. The number of H-pyrrole nitrogens is 1. The molecule has 0 bridgehead atoms. The SMILES string of the molecule is CCOC(=O)Nc1cc2[nH]c(SCc3ccc4c(c3)OCO4)nc2c(N)n1. The first-order valence-corrected chi connectivity index (χ1v) is 9.22. The van der Waals surface area contributed by atoms with Gasteiger partial charge in [-0.3, -0.25) is 5.32 Å². The van der Waals surface area contributed by atoms with Crippen molar-refractivity contribution in [2.45, 2.75) is 17.8 Å². The van der Waals surface area contributed by atoms with Gasteiger partial charge in [0.2, 0.25) is 6.79 Å². The summed E-state index contributed by atoms with van der Waals surface area (Å²) in [7, 11) is 0. The van der Waals surface area contributed by atoms with E-state index in [4.69, 9.17) is 19.9 Å². The van der Waals surface area contributed by atoms with E-state index in [9.17, 15) is 4.79 Å². The Balaban J connectivity index is 1.49. The topological polar surface area (TPSA) is 124 Å². The van der Waals surface area contributed by atoms with Crippen LogP contribution in [-0.4, -0.2) is 34.4 Å². The zero-order chi connectivity index (χ0) is 18.8. The third kappa shape index (κ3) is 3.70. The number of anilines is 2. The standard InChI is InChI=1S/C17H17N5O4S/c1-2-24-17(23)21-13-6-10-14(15(18)20-13)22-16(19-10)27-7-9-3-4-11-12(5-9)26-8-25-11/h3-6H,2,7-8H2,1H3,(H,19,22)(H3,18,20,21,23). The largest absolute Gasteiger partial charge is 0.454 e. The number of ether oxygens (including phenoxy) is 3. The molecule has 1 aromatic carbocycles. The van der Waals surface area contributed by atoms with E-state index in [1.54, 1.807) is 13.0 Å². The van der Waals surface area contributed by atoms with Gasteiger partial charge in [-0.15, -0.1) is 0 Å². The van der Waals surface area contributed by atoms with Gasteiger partial charge in [0.25, 0.3) is 0 Å². The van der Waals surface area contributed by atoms with Gasteiger partial charge in [0, 0.05) is 11.8 Å². The highest BCUT2D eigenvalue weighted by molar-refractivity contribution is 7.98. The number of fused-ring (bicyclic) bond motifs is 2. The molecule has 0 radical (unpaired) electrons. The van der Waals surface area contributed by atoms with Gasteiger partial charge in [-0.25, -0.2) is 14.8 Å². The highest BCUT2D eigenvalue weighted by atomic mass is 32.2. The lowest BCUT2D eigenvalue weighted by atomic mass is 10.2. The summed E-state index contributed by atoms with van der Waals surface area (Å²) in [4.78, 5) is 23.3. The minimum Gasteiger partial charge on any atom is -0.454 e. The molecular formula is C17H17N5O4S. The Morgan fingerprint density at radius 1 is 1.33 bits per heavy atom. The highest BCUT2D eigenvalue weighted by Crippen LogP contribution is 2.34. The summed E-state index contributed by atoms with van der Waals surface area (Å²) in [6.45, 7) is 2.25.